The summed E-state index contributed by atoms with van der Waals surface area (Å²) in [5.41, 5.74) is 8.26. The molecular formula is C22H27N. The van der Waals surface area contributed by atoms with E-state index in [2.05, 4.69) is 76.8 Å². The van der Waals surface area contributed by atoms with Crippen LogP contribution in [0.25, 0.3) is 5.57 Å². The summed E-state index contributed by atoms with van der Waals surface area (Å²) < 4.78 is 0. The number of allylic oxidation sites excluding steroid dienone is 7. The van der Waals surface area contributed by atoms with Crippen molar-refractivity contribution in [3.8, 4) is 0 Å². The predicted octanol–water partition coefficient (Wildman–Crippen LogP) is 6.43. The van der Waals surface area contributed by atoms with Crippen LogP contribution in [0.1, 0.15) is 51.2 Å². The number of unbranched alkanes of at least 4 members (excludes halogenated alkanes) is 1. The van der Waals surface area contributed by atoms with Crippen LogP contribution in [0.2, 0.25) is 0 Å². The third-order valence-corrected chi connectivity index (χ3v) is 3.98. The largest absolute Gasteiger partial charge is 0.253 e. The number of aryl methyl sites for hydroxylation is 1. The molecule has 0 N–H and O–H groups in total. The van der Waals surface area contributed by atoms with Gasteiger partial charge in [-0.25, -0.2) is 0 Å². The minimum atomic E-state index is 0.970. The lowest BCUT2D eigenvalue weighted by atomic mass is 9.92. The molecular weight excluding hydrogens is 278 g/mol. The maximum absolute atomic E-state index is 4.75. The summed E-state index contributed by atoms with van der Waals surface area (Å²) in [4.78, 5) is 4.75. The van der Waals surface area contributed by atoms with Gasteiger partial charge in [0.15, 0.2) is 0 Å². The highest BCUT2D eigenvalue weighted by molar-refractivity contribution is 6.15. The summed E-state index contributed by atoms with van der Waals surface area (Å²) in [7, 11) is 0. The first-order valence-corrected chi connectivity index (χ1v) is 8.42. The molecule has 0 saturated carbocycles. The van der Waals surface area contributed by atoms with Crippen molar-refractivity contribution in [2.24, 2.45) is 4.99 Å². The molecule has 0 radical (unpaired) electrons. The van der Waals surface area contributed by atoms with E-state index in [0.717, 1.165) is 24.3 Å². The zero-order chi connectivity index (χ0) is 16.8. The molecule has 0 atom stereocenters. The van der Waals surface area contributed by atoms with Gasteiger partial charge in [0.2, 0.25) is 0 Å². The summed E-state index contributed by atoms with van der Waals surface area (Å²) >= 11 is 0. The van der Waals surface area contributed by atoms with Gasteiger partial charge in [-0.1, -0.05) is 61.4 Å². The molecule has 0 aliphatic heterocycles. The Labute approximate surface area is 140 Å². The van der Waals surface area contributed by atoms with E-state index < -0.39 is 0 Å². The monoisotopic (exact) mass is 305 g/mol. The van der Waals surface area contributed by atoms with Crippen LogP contribution in [-0.2, 0) is 0 Å². The van der Waals surface area contributed by atoms with Crippen LogP contribution in [0.3, 0.4) is 0 Å². The summed E-state index contributed by atoms with van der Waals surface area (Å²) in [6.07, 6.45) is 9.82. The summed E-state index contributed by atoms with van der Waals surface area (Å²) in [6.45, 7) is 12.7. The van der Waals surface area contributed by atoms with Crippen molar-refractivity contribution in [2.75, 3.05) is 0 Å². The minimum Gasteiger partial charge on any atom is -0.253 e. The Kier molecular flexibility index (Phi) is 5.92. The molecule has 0 heterocycles. The Morgan fingerprint density at radius 3 is 2.61 bits per heavy atom. The van der Waals surface area contributed by atoms with Crippen LogP contribution in [0.4, 0.5) is 0 Å². The third-order valence-electron chi connectivity index (χ3n) is 3.98. The standard InChI is InChI=1S/C22H27N/c1-6-7-10-18(5)23-22-13-12-20(15-21(22)16(2)3)19-11-8-9-17(4)14-19/h8-9,11-15H,5-7,10H2,1-4H3. The van der Waals surface area contributed by atoms with Gasteiger partial charge in [-0.3, -0.25) is 4.99 Å². The zero-order valence-corrected chi connectivity index (χ0v) is 14.8. The first kappa shape index (κ1) is 17.2. The van der Waals surface area contributed by atoms with Crippen LogP contribution in [0, 0.1) is 6.92 Å². The fourth-order valence-electron chi connectivity index (χ4n) is 2.65. The second kappa shape index (κ2) is 7.92. The summed E-state index contributed by atoms with van der Waals surface area (Å²) in [5, 5.41) is 0. The van der Waals surface area contributed by atoms with Crippen molar-refractivity contribution in [2.45, 2.75) is 47.0 Å². The minimum absolute atomic E-state index is 0.970. The molecule has 1 nitrogen and oxygen atoms in total. The van der Waals surface area contributed by atoms with Crippen molar-refractivity contribution in [3.05, 3.63) is 77.0 Å². The van der Waals surface area contributed by atoms with Gasteiger partial charge < -0.3 is 0 Å². The van der Waals surface area contributed by atoms with Crippen LogP contribution in [0.5, 0.6) is 0 Å². The molecule has 120 valence electrons. The average molecular weight is 305 g/mol. The molecule has 0 amide bonds. The fourth-order valence-corrected chi connectivity index (χ4v) is 2.65. The second-order valence-electron chi connectivity index (χ2n) is 6.38. The van der Waals surface area contributed by atoms with Gasteiger partial charge in [-0.05, 0) is 62.5 Å². The first-order valence-electron chi connectivity index (χ1n) is 8.42. The first-order chi connectivity index (χ1) is 11.0. The fraction of sp³-hybridized carbons (Fsp3) is 0.318. The molecule has 23 heavy (non-hydrogen) atoms. The number of hydrogen-bond acceptors (Lipinski definition) is 1. The Balaban J connectivity index is 2.32. The van der Waals surface area contributed by atoms with Crippen molar-refractivity contribution in [1.29, 1.82) is 0 Å². The van der Waals surface area contributed by atoms with Crippen molar-refractivity contribution in [3.63, 3.8) is 0 Å². The van der Waals surface area contributed by atoms with Gasteiger partial charge in [0, 0.05) is 5.70 Å². The number of hydrogen-bond donors (Lipinski definition) is 0. The van der Waals surface area contributed by atoms with Crippen LogP contribution < -0.4 is 0 Å². The SMILES string of the molecule is C=C(CCCC)N=C1C=CC(c2cccc(C)c2)=CC1=C(C)C. The van der Waals surface area contributed by atoms with Gasteiger partial charge in [0.25, 0.3) is 0 Å². The maximum Gasteiger partial charge on any atom is 0.0704 e. The summed E-state index contributed by atoms with van der Waals surface area (Å²) in [5.74, 6) is 0. The molecule has 0 spiro atoms. The topological polar surface area (TPSA) is 12.4 Å². The molecule has 0 bridgehead atoms. The molecule has 0 fully saturated rings. The van der Waals surface area contributed by atoms with Crippen molar-refractivity contribution >= 4 is 11.3 Å². The van der Waals surface area contributed by atoms with Gasteiger partial charge >= 0.3 is 0 Å². The van der Waals surface area contributed by atoms with Gasteiger partial charge in [0.1, 0.15) is 0 Å². The lowest BCUT2D eigenvalue weighted by molar-refractivity contribution is 0.784. The Morgan fingerprint density at radius 1 is 1.17 bits per heavy atom. The quantitative estimate of drug-likeness (QED) is 0.594. The maximum atomic E-state index is 4.75. The van der Waals surface area contributed by atoms with Gasteiger partial charge in [-0.2, -0.15) is 0 Å². The highest BCUT2D eigenvalue weighted by Gasteiger charge is 2.12. The van der Waals surface area contributed by atoms with Crippen LogP contribution >= 0.6 is 0 Å². The number of benzene rings is 1. The smallest absolute Gasteiger partial charge is 0.0704 e. The van der Waals surface area contributed by atoms with E-state index in [9.17, 15) is 0 Å². The van der Waals surface area contributed by atoms with E-state index in [4.69, 9.17) is 4.99 Å². The highest BCUT2D eigenvalue weighted by Crippen LogP contribution is 2.26. The van der Waals surface area contributed by atoms with Crippen molar-refractivity contribution in [1.82, 2.24) is 0 Å². The average Bonchev–Trinajstić information content (AvgIpc) is 2.53. The number of nitrogens with zero attached hydrogens (tertiary/aromatic N) is 1. The van der Waals surface area contributed by atoms with Crippen molar-refractivity contribution < 1.29 is 0 Å². The van der Waals surface area contributed by atoms with E-state index in [-0.39, 0.29) is 0 Å². The zero-order valence-electron chi connectivity index (χ0n) is 14.8. The molecule has 0 saturated heterocycles. The Hall–Kier alpha value is -2.15. The van der Waals surface area contributed by atoms with Crippen LogP contribution in [0.15, 0.2) is 70.9 Å². The lowest BCUT2D eigenvalue weighted by Gasteiger charge is -2.15. The highest BCUT2D eigenvalue weighted by atomic mass is 14.8. The molecule has 0 aromatic heterocycles. The normalized spacial score (nSPS) is 15.7. The van der Waals surface area contributed by atoms with Gasteiger partial charge in [0.05, 0.1) is 5.71 Å². The van der Waals surface area contributed by atoms with Crippen LogP contribution in [-0.4, -0.2) is 5.71 Å². The predicted molar refractivity (Wildman–Crippen MR) is 103 cm³/mol. The molecule has 1 aliphatic rings. The van der Waals surface area contributed by atoms with E-state index in [1.165, 1.54) is 34.3 Å². The molecule has 2 rings (SSSR count). The molecule has 1 aromatic rings. The Bertz CT molecular complexity index is 707. The second-order valence-corrected chi connectivity index (χ2v) is 6.38. The Morgan fingerprint density at radius 2 is 1.96 bits per heavy atom. The number of rotatable bonds is 5. The third kappa shape index (κ3) is 4.66. The summed E-state index contributed by atoms with van der Waals surface area (Å²) in [6, 6.07) is 8.62. The lowest BCUT2D eigenvalue weighted by Crippen LogP contribution is -2.05. The van der Waals surface area contributed by atoms with E-state index in [1.807, 2.05) is 0 Å². The van der Waals surface area contributed by atoms with E-state index in [1.54, 1.807) is 0 Å². The molecule has 1 aromatic carbocycles. The van der Waals surface area contributed by atoms with E-state index >= 15 is 0 Å². The number of aliphatic imine (C=N–C) groups is 1. The van der Waals surface area contributed by atoms with Gasteiger partial charge in [-0.15, -0.1) is 0 Å². The molecule has 1 aliphatic carbocycles. The molecule has 0 unspecified atom stereocenters. The van der Waals surface area contributed by atoms with E-state index in [0.29, 0.717) is 0 Å². The molecule has 1 heteroatoms.